The van der Waals surface area contributed by atoms with E-state index in [1.807, 2.05) is 60.1 Å². The topological polar surface area (TPSA) is 79.5 Å². The van der Waals surface area contributed by atoms with Crippen LogP contribution in [0.1, 0.15) is 4.88 Å². The van der Waals surface area contributed by atoms with E-state index in [9.17, 15) is 9.90 Å². The molecule has 4 aromatic rings. The summed E-state index contributed by atoms with van der Waals surface area (Å²) in [5.74, 6) is 0.152. The molecule has 0 spiro atoms. The highest BCUT2D eigenvalue weighted by molar-refractivity contribution is 7.99. The van der Waals surface area contributed by atoms with Gasteiger partial charge in [0.2, 0.25) is 0 Å². The van der Waals surface area contributed by atoms with Crippen molar-refractivity contribution in [3.8, 4) is 5.75 Å². The van der Waals surface area contributed by atoms with Crippen LogP contribution in [0.2, 0.25) is 0 Å². The van der Waals surface area contributed by atoms with Crippen LogP contribution in [0.5, 0.6) is 5.75 Å². The smallest absolute Gasteiger partial charge is 0.250 e. The molecule has 8 heteroatoms. The molecule has 0 saturated carbocycles. The van der Waals surface area contributed by atoms with Crippen LogP contribution in [0.4, 0.5) is 0 Å². The Labute approximate surface area is 163 Å². The highest BCUT2D eigenvalue weighted by atomic mass is 32.2. The van der Waals surface area contributed by atoms with E-state index in [0.717, 1.165) is 26.3 Å². The molecule has 0 unspecified atom stereocenters. The van der Waals surface area contributed by atoms with E-state index in [2.05, 4.69) is 15.5 Å². The first-order chi connectivity index (χ1) is 13.1. The van der Waals surface area contributed by atoms with E-state index < -0.39 is 0 Å². The summed E-state index contributed by atoms with van der Waals surface area (Å²) in [6.45, 7) is 0. The number of rotatable bonds is 5. The van der Waals surface area contributed by atoms with Crippen molar-refractivity contribution in [2.24, 2.45) is 12.1 Å². The summed E-state index contributed by atoms with van der Waals surface area (Å²) in [7, 11) is 1.93. The molecule has 2 aromatic heterocycles. The molecule has 2 N–H and O–H groups in total. The third-order valence-electron chi connectivity index (χ3n) is 4.05. The maximum atomic E-state index is 12.0. The lowest BCUT2D eigenvalue weighted by Gasteiger charge is -2.01. The second-order valence-corrected chi connectivity index (χ2v) is 7.86. The Kier molecular flexibility index (Phi) is 4.83. The Morgan fingerprint density at radius 2 is 2.07 bits per heavy atom. The van der Waals surface area contributed by atoms with Gasteiger partial charge in [-0.15, -0.1) is 11.3 Å². The maximum absolute atomic E-state index is 12.0. The predicted molar refractivity (Wildman–Crippen MR) is 111 cm³/mol. The highest BCUT2D eigenvalue weighted by Crippen LogP contribution is 2.35. The Balaban J connectivity index is 1.38. The monoisotopic (exact) mass is 396 g/mol. The van der Waals surface area contributed by atoms with E-state index >= 15 is 0 Å². The molecule has 1 amide bonds. The number of hydrogen-bond donors (Lipinski definition) is 2. The first-order valence-corrected chi connectivity index (χ1v) is 10.0. The van der Waals surface area contributed by atoms with Gasteiger partial charge in [0.05, 0.1) is 27.9 Å². The van der Waals surface area contributed by atoms with Crippen molar-refractivity contribution in [3.05, 3.63) is 53.4 Å². The van der Waals surface area contributed by atoms with Crippen LogP contribution >= 0.6 is 23.1 Å². The number of thioether (sulfide) groups is 1. The number of fused-ring (bicyclic) bond motifs is 2. The summed E-state index contributed by atoms with van der Waals surface area (Å²) in [5, 5.41) is 15.7. The van der Waals surface area contributed by atoms with E-state index in [0.29, 0.717) is 4.88 Å². The number of benzene rings is 2. The molecule has 4 rings (SSSR count). The molecular formula is C19H16N4O2S2. The minimum atomic E-state index is -0.232. The average molecular weight is 396 g/mol. The van der Waals surface area contributed by atoms with Crippen LogP contribution in [0.15, 0.2) is 58.8 Å². The van der Waals surface area contributed by atoms with E-state index in [-0.39, 0.29) is 17.4 Å². The summed E-state index contributed by atoms with van der Waals surface area (Å²) in [5.41, 5.74) is 4.42. The lowest BCUT2D eigenvalue weighted by Crippen LogP contribution is -2.19. The third-order valence-corrected chi connectivity index (χ3v) is 6.17. The van der Waals surface area contributed by atoms with Gasteiger partial charge in [-0.25, -0.2) is 10.4 Å². The number of carbonyl (C=O) groups excluding carboxylic acids is 1. The summed E-state index contributed by atoms with van der Waals surface area (Å²) < 4.78 is 2.94. The van der Waals surface area contributed by atoms with Gasteiger partial charge in [-0.1, -0.05) is 36.0 Å². The fourth-order valence-electron chi connectivity index (χ4n) is 2.72. The lowest BCUT2D eigenvalue weighted by atomic mass is 10.2. The fourth-order valence-corrected chi connectivity index (χ4v) is 4.47. The average Bonchev–Trinajstić information content (AvgIpc) is 3.18. The van der Waals surface area contributed by atoms with Gasteiger partial charge >= 0.3 is 0 Å². The van der Waals surface area contributed by atoms with Gasteiger partial charge in [-0.05, 0) is 24.3 Å². The first-order valence-electron chi connectivity index (χ1n) is 8.20. The molecular weight excluding hydrogens is 380 g/mol. The summed E-state index contributed by atoms with van der Waals surface area (Å²) in [6.07, 6.45) is 1.47. The lowest BCUT2D eigenvalue weighted by molar-refractivity contribution is -0.118. The number of amides is 1. The molecule has 0 saturated heterocycles. The molecule has 0 aliphatic carbocycles. The normalized spacial score (nSPS) is 11.6. The number of imidazole rings is 1. The number of aromatic hydroxyl groups is 1. The molecule has 0 atom stereocenters. The molecule has 0 aliphatic rings. The summed E-state index contributed by atoms with van der Waals surface area (Å²) in [6, 6.07) is 15.4. The number of hydrazone groups is 1. The number of carbonyl (C=O) groups is 1. The number of aromatic nitrogens is 2. The van der Waals surface area contributed by atoms with Crippen molar-refractivity contribution < 1.29 is 9.90 Å². The minimum absolute atomic E-state index is 0.183. The van der Waals surface area contributed by atoms with Gasteiger partial charge in [0, 0.05) is 17.1 Å². The van der Waals surface area contributed by atoms with E-state index in [1.165, 1.54) is 29.3 Å². The Bertz CT molecular complexity index is 1160. The zero-order valence-corrected chi connectivity index (χ0v) is 16.0. The molecule has 2 aromatic carbocycles. The molecule has 2 heterocycles. The number of aryl methyl sites for hydroxylation is 1. The highest BCUT2D eigenvalue weighted by Gasteiger charge is 2.11. The number of hydrogen-bond acceptors (Lipinski definition) is 6. The summed E-state index contributed by atoms with van der Waals surface area (Å²) >= 11 is 2.77. The second kappa shape index (κ2) is 7.42. The largest absolute Gasteiger partial charge is 0.506 e. The van der Waals surface area contributed by atoms with Crippen LogP contribution in [0.25, 0.3) is 21.1 Å². The van der Waals surface area contributed by atoms with Gasteiger partial charge in [-0.2, -0.15) is 5.10 Å². The Morgan fingerprint density at radius 1 is 1.30 bits per heavy atom. The number of nitrogens with one attached hydrogen (secondary N) is 1. The van der Waals surface area contributed by atoms with Gasteiger partial charge < -0.3 is 9.67 Å². The number of thiophene rings is 1. The Morgan fingerprint density at radius 3 is 2.89 bits per heavy atom. The van der Waals surface area contributed by atoms with Crippen LogP contribution in [0, 0.1) is 0 Å². The van der Waals surface area contributed by atoms with Crippen molar-refractivity contribution in [2.75, 3.05) is 5.75 Å². The second-order valence-electron chi connectivity index (χ2n) is 5.84. The first kappa shape index (κ1) is 17.6. The molecule has 6 nitrogen and oxygen atoms in total. The minimum Gasteiger partial charge on any atom is -0.506 e. The van der Waals surface area contributed by atoms with Crippen LogP contribution in [0.3, 0.4) is 0 Å². The number of para-hydroxylation sites is 2. The molecule has 0 aliphatic heterocycles. The van der Waals surface area contributed by atoms with Crippen LogP contribution < -0.4 is 5.43 Å². The zero-order chi connectivity index (χ0) is 18.8. The SMILES string of the molecule is Cn1c(SCC(=O)N/N=C\c2sc3ccccc3c2O)nc2ccccc21. The fraction of sp³-hybridized carbons (Fsp3) is 0.105. The maximum Gasteiger partial charge on any atom is 0.250 e. The van der Waals surface area contributed by atoms with Gasteiger partial charge in [0.25, 0.3) is 5.91 Å². The van der Waals surface area contributed by atoms with Crippen LogP contribution in [-0.4, -0.2) is 32.5 Å². The molecule has 27 heavy (non-hydrogen) atoms. The molecule has 0 fully saturated rings. The third kappa shape index (κ3) is 3.54. The molecule has 0 bridgehead atoms. The number of nitrogens with zero attached hydrogens (tertiary/aromatic N) is 3. The predicted octanol–water partition coefficient (Wildman–Crippen LogP) is 3.74. The van der Waals surface area contributed by atoms with Crippen molar-refractivity contribution in [1.82, 2.24) is 15.0 Å². The van der Waals surface area contributed by atoms with Crippen molar-refractivity contribution in [2.45, 2.75) is 5.16 Å². The molecule has 0 radical (unpaired) electrons. The van der Waals surface area contributed by atoms with Crippen molar-refractivity contribution in [1.29, 1.82) is 0 Å². The Hall–Kier alpha value is -2.84. The summed E-state index contributed by atoms with van der Waals surface area (Å²) in [4.78, 5) is 17.2. The van der Waals surface area contributed by atoms with Crippen LogP contribution in [-0.2, 0) is 11.8 Å². The van der Waals surface area contributed by atoms with Gasteiger partial charge in [-0.3, -0.25) is 4.79 Å². The van der Waals surface area contributed by atoms with Crippen molar-refractivity contribution in [3.63, 3.8) is 0 Å². The van der Waals surface area contributed by atoms with Gasteiger partial charge in [0.1, 0.15) is 5.75 Å². The van der Waals surface area contributed by atoms with E-state index in [1.54, 1.807) is 0 Å². The molecule has 136 valence electrons. The standard InChI is InChI=1S/C19H16N4O2S2/c1-23-14-8-4-3-7-13(14)21-19(23)26-11-17(24)22-20-10-16-18(25)12-6-2-5-9-15(12)27-16/h2-10,25H,11H2,1H3,(H,22,24)/b20-10-. The van der Waals surface area contributed by atoms with Crippen molar-refractivity contribution >= 4 is 56.3 Å². The quantitative estimate of drug-likeness (QED) is 0.306. The van der Waals surface area contributed by atoms with Gasteiger partial charge in [0.15, 0.2) is 5.16 Å². The van der Waals surface area contributed by atoms with E-state index in [4.69, 9.17) is 0 Å². The zero-order valence-electron chi connectivity index (χ0n) is 14.4.